The van der Waals surface area contributed by atoms with Gasteiger partial charge in [0.25, 0.3) is 11.5 Å². The number of carbonyl (C=O) groups is 2. The second-order valence-corrected chi connectivity index (χ2v) is 4.61. The fraction of sp³-hybridized carbons (Fsp3) is 0.417. The largest absolute Gasteiger partial charge is 0.494 e. The maximum atomic E-state index is 11.8. The van der Waals surface area contributed by atoms with E-state index < -0.39 is 29.4 Å². The molecule has 0 aromatic carbocycles. The van der Waals surface area contributed by atoms with Crippen LogP contribution in [0.1, 0.15) is 30.6 Å². The molecule has 0 aliphatic carbocycles. The monoisotopic (exact) mass is 268 g/mol. The average Bonchev–Trinajstić information content (AvgIpc) is 2.25. The number of hydrogen-bond acceptors (Lipinski definition) is 4. The zero-order chi connectivity index (χ0) is 14.6. The summed E-state index contributed by atoms with van der Waals surface area (Å²) < 4.78 is 0. The second kappa shape index (κ2) is 6.03. The molecule has 0 aliphatic heterocycles. The van der Waals surface area contributed by atoms with Crippen LogP contribution in [-0.2, 0) is 4.79 Å². The minimum absolute atomic E-state index is 0.0868. The molecule has 0 saturated heterocycles. The smallest absolute Gasteiger partial charge is 0.326 e. The van der Waals surface area contributed by atoms with Crippen LogP contribution in [0.15, 0.2) is 16.9 Å². The van der Waals surface area contributed by atoms with Crippen molar-refractivity contribution >= 4 is 11.9 Å². The Bertz CT molecular complexity index is 535. The highest BCUT2D eigenvalue weighted by Gasteiger charge is 2.22. The van der Waals surface area contributed by atoms with E-state index in [9.17, 15) is 19.5 Å². The number of H-pyrrole nitrogens is 1. The molecule has 1 amide bonds. The third-order valence-electron chi connectivity index (χ3n) is 2.40. The highest BCUT2D eigenvalue weighted by atomic mass is 16.4. The fourth-order valence-electron chi connectivity index (χ4n) is 1.59. The number of carboxylic acids is 1. The Hall–Kier alpha value is -2.31. The summed E-state index contributed by atoms with van der Waals surface area (Å²) in [5, 5.41) is 20.5. The molecule has 0 aliphatic rings. The van der Waals surface area contributed by atoms with Gasteiger partial charge in [0.2, 0.25) is 0 Å². The highest BCUT2D eigenvalue weighted by molar-refractivity contribution is 5.96. The SMILES string of the molecule is CC(C)CC(NC(=O)c1cc(O)[nH]c(=O)c1)C(=O)O. The van der Waals surface area contributed by atoms with E-state index in [4.69, 9.17) is 5.11 Å². The molecule has 4 N–H and O–H groups in total. The molecule has 19 heavy (non-hydrogen) atoms. The molecule has 1 aromatic rings. The van der Waals surface area contributed by atoms with Gasteiger partial charge in [0, 0.05) is 12.1 Å². The Labute approximate surface area is 109 Å². The van der Waals surface area contributed by atoms with E-state index in [-0.39, 0.29) is 17.9 Å². The first-order valence-electron chi connectivity index (χ1n) is 5.76. The molecule has 1 unspecified atom stereocenters. The Morgan fingerprint density at radius 2 is 2.00 bits per heavy atom. The number of aromatic amines is 1. The van der Waals surface area contributed by atoms with Crippen molar-refractivity contribution in [3.05, 3.63) is 28.0 Å². The molecular formula is C12H16N2O5. The number of hydrogen-bond donors (Lipinski definition) is 4. The highest BCUT2D eigenvalue weighted by Crippen LogP contribution is 2.08. The Morgan fingerprint density at radius 1 is 1.37 bits per heavy atom. The van der Waals surface area contributed by atoms with E-state index in [0.29, 0.717) is 0 Å². The number of amides is 1. The lowest BCUT2D eigenvalue weighted by Gasteiger charge is -2.16. The molecule has 0 spiro atoms. The summed E-state index contributed by atoms with van der Waals surface area (Å²) in [6.07, 6.45) is 0.274. The Balaban J connectivity index is 2.87. The summed E-state index contributed by atoms with van der Waals surface area (Å²) in [7, 11) is 0. The van der Waals surface area contributed by atoms with Gasteiger partial charge in [-0.2, -0.15) is 0 Å². The molecule has 0 radical (unpaired) electrons. The first-order valence-corrected chi connectivity index (χ1v) is 5.76. The molecule has 0 fully saturated rings. The van der Waals surface area contributed by atoms with Gasteiger partial charge in [0.1, 0.15) is 6.04 Å². The standard InChI is InChI=1S/C12H16N2O5/c1-6(2)3-8(12(18)19)13-11(17)7-4-9(15)14-10(16)5-7/h4-6,8H,3H2,1-2H3,(H,13,17)(H,18,19)(H2,14,15,16). The number of aromatic hydroxyl groups is 1. The third kappa shape index (κ3) is 4.46. The van der Waals surface area contributed by atoms with Gasteiger partial charge in [-0.15, -0.1) is 0 Å². The van der Waals surface area contributed by atoms with Crippen LogP contribution in [0.25, 0.3) is 0 Å². The molecule has 1 atom stereocenters. The van der Waals surface area contributed by atoms with Crippen LogP contribution in [0.5, 0.6) is 5.88 Å². The van der Waals surface area contributed by atoms with Gasteiger partial charge in [0.15, 0.2) is 5.88 Å². The number of aromatic nitrogens is 1. The lowest BCUT2D eigenvalue weighted by Crippen LogP contribution is -2.41. The topological polar surface area (TPSA) is 119 Å². The summed E-state index contributed by atoms with van der Waals surface area (Å²) in [5.41, 5.74) is -0.725. The van der Waals surface area contributed by atoms with Gasteiger partial charge in [-0.1, -0.05) is 13.8 Å². The zero-order valence-electron chi connectivity index (χ0n) is 10.6. The minimum atomic E-state index is -1.14. The maximum absolute atomic E-state index is 11.8. The van der Waals surface area contributed by atoms with Gasteiger partial charge in [-0.3, -0.25) is 14.6 Å². The maximum Gasteiger partial charge on any atom is 0.326 e. The minimum Gasteiger partial charge on any atom is -0.494 e. The predicted octanol–water partition coefficient (Wildman–Crippen LogP) is 0.310. The first-order chi connectivity index (χ1) is 8.79. The summed E-state index contributed by atoms with van der Waals surface area (Å²) in [6.45, 7) is 3.67. The van der Waals surface area contributed by atoms with Crippen molar-refractivity contribution in [1.82, 2.24) is 10.3 Å². The molecule has 1 rings (SSSR count). The van der Waals surface area contributed by atoms with Crippen molar-refractivity contribution in [2.45, 2.75) is 26.3 Å². The number of carboxylic acid groups (broad SMARTS) is 1. The van der Waals surface area contributed by atoms with E-state index in [2.05, 4.69) is 10.3 Å². The van der Waals surface area contributed by atoms with Crippen LogP contribution in [0.3, 0.4) is 0 Å². The normalized spacial score (nSPS) is 12.2. The summed E-state index contributed by atoms with van der Waals surface area (Å²) in [5.74, 6) is -2.21. The van der Waals surface area contributed by atoms with Gasteiger partial charge >= 0.3 is 5.97 Å². The van der Waals surface area contributed by atoms with Crippen molar-refractivity contribution in [3.63, 3.8) is 0 Å². The molecular weight excluding hydrogens is 252 g/mol. The van der Waals surface area contributed by atoms with Crippen LogP contribution in [0.4, 0.5) is 0 Å². The second-order valence-electron chi connectivity index (χ2n) is 4.61. The van der Waals surface area contributed by atoms with Crippen LogP contribution < -0.4 is 10.9 Å². The Kier molecular flexibility index (Phi) is 4.68. The van der Waals surface area contributed by atoms with Gasteiger partial charge in [-0.25, -0.2) is 4.79 Å². The van der Waals surface area contributed by atoms with Crippen LogP contribution in [0, 0.1) is 5.92 Å². The van der Waals surface area contributed by atoms with Crippen LogP contribution in [0.2, 0.25) is 0 Å². The number of nitrogens with one attached hydrogen (secondary N) is 2. The van der Waals surface area contributed by atoms with E-state index in [1.165, 1.54) is 0 Å². The van der Waals surface area contributed by atoms with Crippen molar-refractivity contribution in [3.8, 4) is 5.88 Å². The summed E-state index contributed by atoms with van der Waals surface area (Å²) >= 11 is 0. The molecule has 104 valence electrons. The third-order valence-corrected chi connectivity index (χ3v) is 2.40. The number of rotatable bonds is 5. The fourth-order valence-corrected chi connectivity index (χ4v) is 1.59. The molecule has 0 bridgehead atoms. The molecule has 7 heteroatoms. The molecule has 1 heterocycles. The summed E-state index contributed by atoms with van der Waals surface area (Å²) in [6, 6.07) is 1.02. The van der Waals surface area contributed by atoms with E-state index in [0.717, 1.165) is 12.1 Å². The van der Waals surface area contributed by atoms with E-state index in [1.54, 1.807) is 0 Å². The predicted molar refractivity (Wildman–Crippen MR) is 67.1 cm³/mol. The van der Waals surface area contributed by atoms with E-state index in [1.807, 2.05) is 13.8 Å². The lowest BCUT2D eigenvalue weighted by molar-refractivity contribution is -0.139. The molecule has 7 nitrogen and oxygen atoms in total. The van der Waals surface area contributed by atoms with Crippen molar-refractivity contribution in [1.29, 1.82) is 0 Å². The average molecular weight is 268 g/mol. The molecule has 0 saturated carbocycles. The van der Waals surface area contributed by atoms with Gasteiger partial charge in [0.05, 0.1) is 5.56 Å². The summed E-state index contributed by atoms with van der Waals surface area (Å²) in [4.78, 5) is 36.0. The van der Waals surface area contributed by atoms with Crippen molar-refractivity contribution < 1.29 is 19.8 Å². The Morgan fingerprint density at radius 3 is 2.47 bits per heavy atom. The van der Waals surface area contributed by atoms with Crippen LogP contribution in [-0.4, -0.2) is 33.1 Å². The first kappa shape index (κ1) is 14.7. The number of pyridine rings is 1. The van der Waals surface area contributed by atoms with Crippen molar-refractivity contribution in [2.75, 3.05) is 0 Å². The van der Waals surface area contributed by atoms with Gasteiger partial charge < -0.3 is 15.5 Å². The van der Waals surface area contributed by atoms with Gasteiger partial charge in [-0.05, 0) is 12.3 Å². The number of carbonyl (C=O) groups excluding carboxylic acids is 1. The zero-order valence-corrected chi connectivity index (χ0v) is 10.6. The van der Waals surface area contributed by atoms with Crippen LogP contribution >= 0.6 is 0 Å². The number of aliphatic carboxylic acids is 1. The lowest BCUT2D eigenvalue weighted by atomic mass is 10.0. The molecule has 1 aromatic heterocycles. The quantitative estimate of drug-likeness (QED) is 0.612. The van der Waals surface area contributed by atoms with E-state index >= 15 is 0 Å². The van der Waals surface area contributed by atoms with Crippen molar-refractivity contribution in [2.24, 2.45) is 5.92 Å².